The molecule has 2 aromatic rings. The van der Waals surface area contributed by atoms with E-state index in [1.54, 1.807) is 12.1 Å². The number of hydrogen-bond donors (Lipinski definition) is 1. The molecule has 0 unspecified atom stereocenters. The number of fused-ring (bicyclic) bond motifs is 4. The van der Waals surface area contributed by atoms with Crippen molar-refractivity contribution < 1.29 is 9.50 Å². The van der Waals surface area contributed by atoms with Crippen molar-refractivity contribution in [3.05, 3.63) is 71.5 Å². The zero-order valence-corrected chi connectivity index (χ0v) is 16.0. The minimum atomic E-state index is -0.972. The SMILES string of the molecule is O[C@](CCN1CC2CCC(CC2)C1)(Cc1ccccc1)c1ccc(F)cc1. The quantitative estimate of drug-likeness (QED) is 0.795. The maximum atomic E-state index is 13.4. The van der Waals surface area contributed by atoms with Crippen molar-refractivity contribution in [2.75, 3.05) is 19.6 Å². The first-order valence-electron chi connectivity index (χ1n) is 10.4. The van der Waals surface area contributed by atoms with Crippen LogP contribution >= 0.6 is 0 Å². The molecule has 2 heterocycles. The van der Waals surface area contributed by atoms with Crippen LogP contribution in [0.15, 0.2) is 54.6 Å². The monoisotopic (exact) mass is 367 g/mol. The number of nitrogens with zero attached hydrogens (tertiary/aromatic N) is 1. The van der Waals surface area contributed by atoms with Crippen molar-refractivity contribution in [3.63, 3.8) is 0 Å². The molecule has 2 bridgehead atoms. The topological polar surface area (TPSA) is 23.5 Å². The Morgan fingerprint density at radius 2 is 1.48 bits per heavy atom. The van der Waals surface area contributed by atoms with E-state index in [2.05, 4.69) is 17.0 Å². The fraction of sp³-hybridized carbons (Fsp3) is 0.500. The summed E-state index contributed by atoms with van der Waals surface area (Å²) >= 11 is 0. The molecule has 3 heteroatoms. The Morgan fingerprint density at radius 1 is 0.889 bits per heavy atom. The van der Waals surface area contributed by atoms with E-state index in [9.17, 15) is 9.50 Å². The first-order valence-corrected chi connectivity index (χ1v) is 10.4. The van der Waals surface area contributed by atoms with Crippen molar-refractivity contribution >= 4 is 0 Å². The first kappa shape index (κ1) is 18.6. The molecule has 0 spiro atoms. The summed E-state index contributed by atoms with van der Waals surface area (Å²) in [5.41, 5.74) is 0.950. The summed E-state index contributed by atoms with van der Waals surface area (Å²) in [6.07, 6.45) is 6.70. The van der Waals surface area contributed by atoms with E-state index in [-0.39, 0.29) is 5.82 Å². The van der Waals surface area contributed by atoms with Gasteiger partial charge >= 0.3 is 0 Å². The first-order chi connectivity index (χ1) is 13.1. The van der Waals surface area contributed by atoms with Gasteiger partial charge in [-0.15, -0.1) is 0 Å². The Kier molecular flexibility index (Phi) is 5.60. The van der Waals surface area contributed by atoms with Crippen LogP contribution in [0.25, 0.3) is 0 Å². The number of rotatable bonds is 6. The molecule has 0 amide bonds. The molecule has 1 atom stereocenters. The lowest BCUT2D eigenvalue weighted by atomic mass is 9.84. The van der Waals surface area contributed by atoms with Crippen LogP contribution in [0.5, 0.6) is 0 Å². The van der Waals surface area contributed by atoms with E-state index in [0.29, 0.717) is 12.8 Å². The maximum Gasteiger partial charge on any atom is 0.123 e. The molecule has 2 aliphatic heterocycles. The fourth-order valence-corrected chi connectivity index (χ4v) is 4.96. The van der Waals surface area contributed by atoms with E-state index >= 15 is 0 Å². The molecule has 0 radical (unpaired) electrons. The molecule has 2 nitrogen and oxygen atoms in total. The Bertz CT molecular complexity index is 710. The molecule has 2 aromatic carbocycles. The Hall–Kier alpha value is -1.71. The molecule has 5 rings (SSSR count). The van der Waals surface area contributed by atoms with E-state index in [0.717, 1.165) is 29.5 Å². The third kappa shape index (κ3) is 4.59. The summed E-state index contributed by atoms with van der Waals surface area (Å²) in [5, 5.41) is 11.6. The molecule has 0 aromatic heterocycles. The molecule has 1 saturated carbocycles. The summed E-state index contributed by atoms with van der Waals surface area (Å²) in [6, 6.07) is 16.5. The summed E-state index contributed by atoms with van der Waals surface area (Å²) in [6.45, 7) is 3.23. The minimum absolute atomic E-state index is 0.259. The van der Waals surface area contributed by atoms with Gasteiger partial charge in [-0.2, -0.15) is 0 Å². The van der Waals surface area contributed by atoms with Crippen molar-refractivity contribution in [2.24, 2.45) is 11.8 Å². The number of aliphatic hydroxyl groups is 1. The van der Waals surface area contributed by atoms with E-state index in [4.69, 9.17) is 0 Å². The highest BCUT2D eigenvalue weighted by atomic mass is 19.1. The van der Waals surface area contributed by atoms with E-state index in [1.165, 1.54) is 50.9 Å². The average Bonchev–Trinajstić information content (AvgIpc) is 3.01. The van der Waals surface area contributed by atoms with Crippen molar-refractivity contribution in [3.8, 4) is 0 Å². The maximum absolute atomic E-state index is 13.4. The van der Waals surface area contributed by atoms with Gasteiger partial charge in [-0.1, -0.05) is 42.5 Å². The number of benzene rings is 2. The van der Waals surface area contributed by atoms with Crippen molar-refractivity contribution in [1.29, 1.82) is 0 Å². The third-order valence-electron chi connectivity index (χ3n) is 6.56. The van der Waals surface area contributed by atoms with Crippen LogP contribution in [0.1, 0.15) is 43.2 Å². The summed E-state index contributed by atoms with van der Waals surface area (Å²) < 4.78 is 13.4. The van der Waals surface area contributed by atoms with Gasteiger partial charge in [0.1, 0.15) is 5.82 Å². The predicted octanol–water partition coefficient (Wildman–Crippen LogP) is 4.77. The van der Waals surface area contributed by atoms with Gasteiger partial charge in [-0.05, 0) is 67.2 Å². The van der Waals surface area contributed by atoms with Crippen LogP contribution in [-0.4, -0.2) is 29.6 Å². The zero-order valence-electron chi connectivity index (χ0n) is 16.0. The zero-order chi connectivity index (χ0) is 18.7. The molecule has 27 heavy (non-hydrogen) atoms. The molecule has 144 valence electrons. The third-order valence-corrected chi connectivity index (χ3v) is 6.56. The highest BCUT2D eigenvalue weighted by Crippen LogP contribution is 2.35. The van der Waals surface area contributed by atoms with Crippen LogP contribution in [0.4, 0.5) is 4.39 Å². The Labute approximate surface area is 162 Å². The lowest BCUT2D eigenvalue weighted by molar-refractivity contribution is 0.0162. The summed E-state index contributed by atoms with van der Waals surface area (Å²) in [4.78, 5) is 2.56. The molecule has 3 fully saturated rings. The van der Waals surface area contributed by atoms with E-state index < -0.39 is 5.60 Å². The lowest BCUT2D eigenvalue weighted by Crippen LogP contribution is -2.37. The van der Waals surface area contributed by atoms with Gasteiger partial charge in [-0.3, -0.25) is 0 Å². The average molecular weight is 368 g/mol. The van der Waals surface area contributed by atoms with Crippen LogP contribution in [0, 0.1) is 17.7 Å². The van der Waals surface area contributed by atoms with Crippen molar-refractivity contribution in [2.45, 2.75) is 44.1 Å². The molecular weight excluding hydrogens is 337 g/mol. The van der Waals surface area contributed by atoms with Gasteiger partial charge < -0.3 is 10.0 Å². The standard InChI is InChI=1S/C24H30FNO/c25-23-12-10-22(11-13-23)24(27,16-19-4-2-1-3-5-19)14-15-26-17-20-6-7-21(18-26)9-8-20/h1-5,10-13,20-21,27H,6-9,14-18H2/t20?,21?,24-/m1/s1. The van der Waals surface area contributed by atoms with Crippen molar-refractivity contribution in [1.82, 2.24) is 4.90 Å². The minimum Gasteiger partial charge on any atom is -0.385 e. The van der Waals surface area contributed by atoms with Gasteiger partial charge in [0, 0.05) is 26.1 Å². The predicted molar refractivity (Wildman–Crippen MR) is 107 cm³/mol. The highest BCUT2D eigenvalue weighted by Gasteiger charge is 2.33. The van der Waals surface area contributed by atoms with Crippen LogP contribution < -0.4 is 0 Å². The summed E-state index contributed by atoms with van der Waals surface area (Å²) in [7, 11) is 0. The number of halogens is 1. The molecule has 2 saturated heterocycles. The van der Waals surface area contributed by atoms with Crippen LogP contribution in [-0.2, 0) is 12.0 Å². The van der Waals surface area contributed by atoms with Crippen LogP contribution in [0.2, 0.25) is 0 Å². The smallest absolute Gasteiger partial charge is 0.123 e. The van der Waals surface area contributed by atoms with Gasteiger partial charge in [0.05, 0.1) is 5.60 Å². The molecule has 3 aliphatic rings. The normalized spacial score (nSPS) is 25.1. The second-order valence-electron chi connectivity index (χ2n) is 8.60. The Balaban J connectivity index is 1.51. The Morgan fingerprint density at radius 3 is 2.07 bits per heavy atom. The van der Waals surface area contributed by atoms with Gasteiger partial charge in [0.25, 0.3) is 0 Å². The lowest BCUT2D eigenvalue weighted by Gasteiger charge is -2.32. The molecule has 1 N–H and O–H groups in total. The fourth-order valence-electron chi connectivity index (χ4n) is 4.96. The van der Waals surface area contributed by atoms with Gasteiger partial charge in [-0.25, -0.2) is 4.39 Å². The van der Waals surface area contributed by atoms with Crippen LogP contribution in [0.3, 0.4) is 0 Å². The summed E-state index contributed by atoms with van der Waals surface area (Å²) in [5.74, 6) is 1.40. The largest absolute Gasteiger partial charge is 0.385 e. The van der Waals surface area contributed by atoms with Gasteiger partial charge in [0.2, 0.25) is 0 Å². The molecular formula is C24H30FNO. The second kappa shape index (κ2) is 8.12. The van der Waals surface area contributed by atoms with E-state index in [1.807, 2.05) is 18.2 Å². The molecule has 1 aliphatic carbocycles. The van der Waals surface area contributed by atoms with Gasteiger partial charge in [0.15, 0.2) is 0 Å². The number of hydrogen-bond acceptors (Lipinski definition) is 2. The highest BCUT2D eigenvalue weighted by molar-refractivity contribution is 5.27. The second-order valence-corrected chi connectivity index (χ2v) is 8.60.